The number of halogens is 1. The smallest absolute Gasteiger partial charge is 0.272 e. The molecule has 100 valence electrons. The molecule has 0 aromatic heterocycles. The van der Waals surface area contributed by atoms with Gasteiger partial charge in [0.25, 0.3) is 5.69 Å². The molecule has 0 saturated carbocycles. The van der Waals surface area contributed by atoms with Crippen LogP contribution in [0.2, 0.25) is 0 Å². The van der Waals surface area contributed by atoms with Crippen LogP contribution in [-0.2, 0) is 4.79 Å². The first-order valence-corrected chi connectivity index (χ1v) is 6.30. The van der Waals surface area contributed by atoms with Crippen molar-refractivity contribution in [3.8, 4) is 0 Å². The fraction of sp³-hybridized carbons (Fsp3) is 0.462. The number of piperidine rings is 1. The predicted molar refractivity (Wildman–Crippen MR) is 66.6 cm³/mol. The summed E-state index contributed by atoms with van der Waals surface area (Å²) in [5.74, 6) is -0.355. The fourth-order valence-electron chi connectivity index (χ4n) is 3.18. The molecule has 2 heterocycles. The number of Topliss-reactive ketones (excluding diaryl/α,β-unsaturated/α-hetero) is 1. The number of anilines is 1. The van der Waals surface area contributed by atoms with E-state index >= 15 is 0 Å². The van der Waals surface area contributed by atoms with E-state index in [1.165, 1.54) is 12.1 Å². The van der Waals surface area contributed by atoms with Crippen LogP contribution >= 0.6 is 0 Å². The number of ketones is 1. The van der Waals surface area contributed by atoms with Crippen LogP contribution in [0.4, 0.5) is 15.8 Å². The van der Waals surface area contributed by atoms with Crippen LogP contribution in [0.3, 0.4) is 0 Å². The monoisotopic (exact) mass is 264 g/mol. The number of nitro benzene ring substituents is 1. The van der Waals surface area contributed by atoms with Gasteiger partial charge in [0.1, 0.15) is 5.78 Å². The number of fused-ring (bicyclic) bond motifs is 2. The molecule has 0 aliphatic carbocycles. The Balaban J connectivity index is 1.95. The average Bonchev–Trinajstić information content (AvgIpc) is 2.62. The van der Waals surface area contributed by atoms with Gasteiger partial charge in [-0.25, -0.2) is 4.39 Å². The molecule has 2 aliphatic rings. The Kier molecular flexibility index (Phi) is 2.73. The highest BCUT2D eigenvalue weighted by Gasteiger charge is 2.41. The maximum Gasteiger partial charge on any atom is 0.272 e. The summed E-state index contributed by atoms with van der Waals surface area (Å²) in [6.45, 7) is 0. The van der Waals surface area contributed by atoms with Crippen LogP contribution in [0.1, 0.15) is 25.7 Å². The number of nitrogens with zero attached hydrogens (tertiary/aromatic N) is 2. The molecule has 19 heavy (non-hydrogen) atoms. The molecule has 0 N–H and O–H groups in total. The summed E-state index contributed by atoms with van der Waals surface area (Å²) < 4.78 is 14.0. The lowest BCUT2D eigenvalue weighted by Crippen LogP contribution is -2.43. The number of hydrogen-bond acceptors (Lipinski definition) is 4. The van der Waals surface area contributed by atoms with Gasteiger partial charge in [-0.05, 0) is 18.9 Å². The van der Waals surface area contributed by atoms with E-state index in [9.17, 15) is 19.3 Å². The highest BCUT2D eigenvalue weighted by molar-refractivity contribution is 5.83. The van der Waals surface area contributed by atoms with E-state index in [4.69, 9.17) is 0 Å². The first-order chi connectivity index (χ1) is 9.06. The van der Waals surface area contributed by atoms with E-state index in [0.717, 1.165) is 18.9 Å². The molecule has 2 fully saturated rings. The number of carbonyl (C=O) groups excluding carboxylic acids is 1. The predicted octanol–water partition coefficient (Wildman–Crippen LogP) is 2.43. The van der Waals surface area contributed by atoms with Crippen LogP contribution in [-0.4, -0.2) is 22.8 Å². The molecular weight excluding hydrogens is 251 g/mol. The third-order valence-electron chi connectivity index (χ3n) is 3.97. The lowest BCUT2D eigenvalue weighted by Gasteiger charge is -2.36. The van der Waals surface area contributed by atoms with Gasteiger partial charge >= 0.3 is 0 Å². The highest BCUT2D eigenvalue weighted by atomic mass is 19.1. The van der Waals surface area contributed by atoms with Gasteiger partial charge in [0.15, 0.2) is 5.82 Å². The molecule has 1 aromatic carbocycles. The van der Waals surface area contributed by atoms with Gasteiger partial charge in [-0.3, -0.25) is 14.9 Å². The fourth-order valence-corrected chi connectivity index (χ4v) is 3.18. The molecule has 0 spiro atoms. The number of rotatable bonds is 2. The Morgan fingerprint density at radius 2 is 1.89 bits per heavy atom. The van der Waals surface area contributed by atoms with Gasteiger partial charge < -0.3 is 4.90 Å². The van der Waals surface area contributed by atoms with Crippen LogP contribution in [0.5, 0.6) is 0 Å². The van der Waals surface area contributed by atoms with Crippen molar-refractivity contribution in [3.05, 3.63) is 34.1 Å². The number of benzene rings is 1. The molecule has 0 radical (unpaired) electrons. The largest absolute Gasteiger partial charge is 0.362 e. The molecule has 2 bridgehead atoms. The van der Waals surface area contributed by atoms with E-state index in [1.807, 2.05) is 4.90 Å². The van der Waals surface area contributed by atoms with E-state index in [2.05, 4.69) is 0 Å². The third kappa shape index (κ3) is 1.97. The van der Waals surface area contributed by atoms with E-state index in [-0.39, 0.29) is 23.6 Å². The summed E-state index contributed by atoms with van der Waals surface area (Å²) in [5.41, 5.74) is 0.132. The summed E-state index contributed by atoms with van der Waals surface area (Å²) in [6, 6.07) is 3.80. The zero-order chi connectivity index (χ0) is 13.6. The summed E-state index contributed by atoms with van der Waals surface area (Å²) in [5, 5.41) is 10.6. The molecule has 3 rings (SSSR count). The van der Waals surface area contributed by atoms with Crippen molar-refractivity contribution < 1.29 is 14.1 Å². The minimum Gasteiger partial charge on any atom is -0.362 e. The highest BCUT2D eigenvalue weighted by Crippen LogP contribution is 2.39. The second-order valence-corrected chi connectivity index (χ2v) is 5.13. The molecule has 2 atom stereocenters. The number of non-ortho nitro benzene ring substituents is 1. The van der Waals surface area contributed by atoms with E-state index in [0.29, 0.717) is 18.5 Å². The van der Waals surface area contributed by atoms with Gasteiger partial charge in [-0.2, -0.15) is 0 Å². The SMILES string of the molecule is O=C1CC2CCC(C1)N2c1ccc([N+](=O)[O-])cc1F. The molecule has 2 aliphatic heterocycles. The summed E-state index contributed by atoms with van der Waals surface area (Å²) in [4.78, 5) is 23.4. The Bertz CT molecular complexity index is 545. The molecule has 0 amide bonds. The second kappa shape index (κ2) is 4.29. The van der Waals surface area contributed by atoms with Crippen molar-refractivity contribution in [1.82, 2.24) is 0 Å². The Hall–Kier alpha value is -1.98. The molecule has 2 saturated heterocycles. The quantitative estimate of drug-likeness (QED) is 0.608. The van der Waals surface area contributed by atoms with Gasteiger partial charge in [0.2, 0.25) is 0 Å². The van der Waals surface area contributed by atoms with Crippen LogP contribution in [0.15, 0.2) is 18.2 Å². The van der Waals surface area contributed by atoms with Crippen LogP contribution in [0.25, 0.3) is 0 Å². The first kappa shape index (κ1) is 12.1. The molecule has 5 nitrogen and oxygen atoms in total. The molecule has 6 heteroatoms. The lowest BCUT2D eigenvalue weighted by molar-refractivity contribution is -0.385. The topological polar surface area (TPSA) is 63.5 Å². The Morgan fingerprint density at radius 1 is 1.26 bits per heavy atom. The van der Waals surface area contributed by atoms with Crippen molar-refractivity contribution in [3.63, 3.8) is 0 Å². The van der Waals surface area contributed by atoms with Gasteiger partial charge in [-0.15, -0.1) is 0 Å². The van der Waals surface area contributed by atoms with Gasteiger partial charge in [0, 0.05) is 31.0 Å². The number of carbonyl (C=O) groups is 1. The maximum atomic E-state index is 14.0. The van der Waals surface area contributed by atoms with Gasteiger partial charge in [0.05, 0.1) is 16.7 Å². The molecule has 1 aromatic rings. The van der Waals surface area contributed by atoms with Crippen LogP contribution in [0, 0.1) is 15.9 Å². The Morgan fingerprint density at radius 3 is 2.42 bits per heavy atom. The van der Waals surface area contributed by atoms with Crippen molar-refractivity contribution in [2.45, 2.75) is 37.8 Å². The minimum atomic E-state index is -0.610. The Labute approximate surface area is 109 Å². The molecule has 2 unspecified atom stereocenters. The second-order valence-electron chi connectivity index (χ2n) is 5.13. The third-order valence-corrected chi connectivity index (χ3v) is 3.97. The summed E-state index contributed by atoms with van der Waals surface area (Å²) >= 11 is 0. The standard InChI is InChI=1S/C13H13FN2O3/c14-12-7-10(16(18)19)3-4-13(12)15-8-1-2-9(15)6-11(17)5-8/h3-4,7-9H,1-2,5-6H2. The average molecular weight is 264 g/mol. The molecular formula is C13H13FN2O3. The summed E-state index contributed by atoms with van der Waals surface area (Å²) in [7, 11) is 0. The van der Waals surface area contributed by atoms with E-state index < -0.39 is 10.7 Å². The van der Waals surface area contributed by atoms with Crippen molar-refractivity contribution in [1.29, 1.82) is 0 Å². The maximum absolute atomic E-state index is 14.0. The van der Waals surface area contributed by atoms with Crippen molar-refractivity contribution in [2.75, 3.05) is 4.90 Å². The minimum absolute atomic E-state index is 0.0437. The normalized spacial score (nSPS) is 25.7. The number of nitro groups is 1. The van der Waals surface area contributed by atoms with Crippen molar-refractivity contribution >= 4 is 17.2 Å². The zero-order valence-corrected chi connectivity index (χ0v) is 10.2. The van der Waals surface area contributed by atoms with Crippen LogP contribution < -0.4 is 4.90 Å². The number of hydrogen-bond donors (Lipinski definition) is 0. The zero-order valence-electron chi connectivity index (χ0n) is 10.2. The lowest BCUT2D eigenvalue weighted by atomic mass is 10.0. The first-order valence-electron chi connectivity index (χ1n) is 6.30. The van der Waals surface area contributed by atoms with Gasteiger partial charge in [-0.1, -0.05) is 0 Å². The summed E-state index contributed by atoms with van der Waals surface area (Å²) in [6.07, 6.45) is 2.67. The van der Waals surface area contributed by atoms with Crippen molar-refractivity contribution in [2.24, 2.45) is 0 Å². The van der Waals surface area contributed by atoms with E-state index in [1.54, 1.807) is 0 Å².